The average Bonchev–Trinajstić information content (AvgIpc) is 3.08. The summed E-state index contributed by atoms with van der Waals surface area (Å²) in [5, 5.41) is 46.4. The van der Waals surface area contributed by atoms with E-state index < -0.39 is 28.8 Å². The second kappa shape index (κ2) is 9.14. The number of methoxy groups -OCH3 is 2. The van der Waals surface area contributed by atoms with E-state index in [2.05, 4.69) is 0 Å². The topological polar surface area (TPSA) is 152 Å². The zero-order valence-corrected chi connectivity index (χ0v) is 22.4. The van der Waals surface area contributed by atoms with Gasteiger partial charge in [0.05, 0.1) is 37.2 Å². The number of ether oxygens (including phenoxy) is 4. The van der Waals surface area contributed by atoms with Crippen molar-refractivity contribution in [3.8, 4) is 34.5 Å². The minimum atomic E-state index is -0.891. The standard InChI is InChI=1S/C30H28O10/c1-5-12(32)7-14-20-19-13(6-11(2)31)29(37-3)27(35)21-15(33)8-17-23(25(19)21)24-18(40-10-39-17)9-16(34)22(26(20)24)28(36)30(14)38-4/h8-9,11-12,31-32,35-36H,5-7,10H2,1-4H3/t11-,12-/m1/s1. The van der Waals surface area contributed by atoms with Crippen molar-refractivity contribution in [1.82, 2.24) is 0 Å². The van der Waals surface area contributed by atoms with Crippen LogP contribution < -0.4 is 29.8 Å². The number of phenolic OH excluding ortho intramolecular Hbond substituents is 2. The fourth-order valence-corrected chi connectivity index (χ4v) is 6.22. The van der Waals surface area contributed by atoms with Gasteiger partial charge >= 0.3 is 0 Å². The molecule has 0 amide bonds. The van der Waals surface area contributed by atoms with Gasteiger partial charge in [-0.05, 0) is 24.1 Å². The number of hydrogen-bond acceptors (Lipinski definition) is 10. The average molecular weight is 549 g/mol. The highest BCUT2D eigenvalue weighted by Crippen LogP contribution is 2.56. The van der Waals surface area contributed by atoms with Gasteiger partial charge in [0.1, 0.15) is 11.5 Å². The number of fused-ring (bicyclic) bond motifs is 1. The highest BCUT2D eigenvalue weighted by Gasteiger charge is 2.34. The van der Waals surface area contributed by atoms with Gasteiger partial charge in [0.25, 0.3) is 0 Å². The molecule has 10 heteroatoms. The molecule has 5 aromatic rings. The third-order valence-electron chi connectivity index (χ3n) is 7.81. The molecule has 4 N–H and O–H groups in total. The summed E-state index contributed by atoms with van der Waals surface area (Å²) in [5.41, 5.74) is -0.284. The summed E-state index contributed by atoms with van der Waals surface area (Å²) in [6, 6.07) is 2.50. The summed E-state index contributed by atoms with van der Waals surface area (Å²) in [5.74, 6) is -0.416. The Kier molecular flexibility index (Phi) is 5.93. The van der Waals surface area contributed by atoms with Crippen molar-refractivity contribution in [3.63, 3.8) is 0 Å². The molecule has 1 aliphatic rings. The molecule has 1 aliphatic heterocycles. The third-order valence-corrected chi connectivity index (χ3v) is 7.81. The minimum Gasteiger partial charge on any atom is -0.504 e. The zero-order valence-electron chi connectivity index (χ0n) is 22.4. The van der Waals surface area contributed by atoms with Crippen LogP contribution in [0.5, 0.6) is 34.5 Å². The Bertz CT molecular complexity index is 1950. The molecule has 0 unspecified atom stereocenters. The maximum atomic E-state index is 13.5. The lowest BCUT2D eigenvalue weighted by Gasteiger charge is -2.25. The van der Waals surface area contributed by atoms with Gasteiger partial charge in [0.2, 0.25) is 6.79 Å². The second-order valence-corrected chi connectivity index (χ2v) is 10.2. The van der Waals surface area contributed by atoms with E-state index >= 15 is 0 Å². The molecule has 5 aromatic carbocycles. The number of hydrogen-bond donors (Lipinski definition) is 4. The molecule has 1 heterocycles. The van der Waals surface area contributed by atoms with Crippen LogP contribution in [0.3, 0.4) is 0 Å². The van der Waals surface area contributed by atoms with Crippen LogP contribution >= 0.6 is 0 Å². The van der Waals surface area contributed by atoms with Gasteiger partial charge in [-0.1, -0.05) is 6.92 Å². The summed E-state index contributed by atoms with van der Waals surface area (Å²) in [7, 11) is 2.71. The van der Waals surface area contributed by atoms with Crippen molar-refractivity contribution in [1.29, 1.82) is 0 Å². The summed E-state index contributed by atoms with van der Waals surface area (Å²) >= 11 is 0. The fraction of sp³-hybridized carbons (Fsp3) is 0.333. The van der Waals surface area contributed by atoms with Gasteiger partial charge in [-0.3, -0.25) is 9.59 Å². The number of aliphatic hydroxyl groups excluding tert-OH is 2. The first-order valence-electron chi connectivity index (χ1n) is 13.0. The number of aliphatic hydroxyl groups is 2. The highest BCUT2D eigenvalue weighted by atomic mass is 16.7. The molecule has 0 bridgehead atoms. The number of rotatable bonds is 7. The van der Waals surface area contributed by atoms with Gasteiger partial charge in [-0.2, -0.15) is 0 Å². The third kappa shape index (κ3) is 3.36. The van der Waals surface area contributed by atoms with Crippen LogP contribution in [0.25, 0.3) is 43.1 Å². The predicted molar refractivity (Wildman–Crippen MR) is 149 cm³/mol. The Morgan fingerprint density at radius 3 is 1.60 bits per heavy atom. The monoisotopic (exact) mass is 548 g/mol. The van der Waals surface area contributed by atoms with E-state index in [4.69, 9.17) is 18.9 Å². The van der Waals surface area contributed by atoms with Crippen LogP contribution in [0.1, 0.15) is 31.4 Å². The molecule has 0 saturated heterocycles. The van der Waals surface area contributed by atoms with Gasteiger partial charge in [0, 0.05) is 57.6 Å². The van der Waals surface area contributed by atoms with Gasteiger partial charge in [0.15, 0.2) is 33.9 Å². The molecule has 0 spiro atoms. The van der Waals surface area contributed by atoms with Gasteiger partial charge < -0.3 is 39.4 Å². The van der Waals surface area contributed by atoms with E-state index in [1.54, 1.807) is 6.92 Å². The van der Waals surface area contributed by atoms with Crippen LogP contribution in [0, 0.1) is 0 Å². The van der Waals surface area contributed by atoms with Crippen LogP contribution in [-0.2, 0) is 12.8 Å². The number of benzene rings is 5. The molecule has 0 aliphatic carbocycles. The Morgan fingerprint density at radius 1 is 0.750 bits per heavy atom. The SMILES string of the molecule is CC[C@@H](O)Cc1c(OC)c(O)c2c(=O)cc3c4c5c(cc(=O)c6c(O)c(OC)c(C[C@@H](C)O)c(c1c24)c65)OCO3. The molecule has 208 valence electrons. The Hall–Kier alpha value is -4.28. The lowest BCUT2D eigenvalue weighted by molar-refractivity contribution is 0.125. The van der Waals surface area contributed by atoms with Crippen molar-refractivity contribution in [3.05, 3.63) is 43.7 Å². The van der Waals surface area contributed by atoms with E-state index in [1.807, 2.05) is 6.92 Å². The molecule has 0 aromatic heterocycles. The Balaban J connectivity index is 2.10. The Labute approximate surface area is 227 Å². The molecular formula is C30H28O10. The lowest BCUT2D eigenvalue weighted by Crippen LogP contribution is -2.14. The summed E-state index contributed by atoms with van der Waals surface area (Å²) in [6.07, 6.45) is -1.30. The molecule has 2 atom stereocenters. The van der Waals surface area contributed by atoms with Crippen molar-refractivity contribution in [2.75, 3.05) is 21.0 Å². The molecule has 0 saturated carbocycles. The molecule has 0 fully saturated rings. The van der Waals surface area contributed by atoms with E-state index in [-0.39, 0.29) is 59.2 Å². The summed E-state index contributed by atoms with van der Waals surface area (Å²) in [6.45, 7) is 3.10. The minimum absolute atomic E-state index is 0.00276. The first kappa shape index (κ1) is 26.0. The van der Waals surface area contributed by atoms with E-state index in [0.717, 1.165) is 0 Å². The van der Waals surface area contributed by atoms with Gasteiger partial charge in [-0.25, -0.2) is 0 Å². The molecule has 6 rings (SSSR count). The predicted octanol–water partition coefficient (Wildman–Crippen LogP) is 3.29. The van der Waals surface area contributed by atoms with Crippen molar-refractivity contribution in [2.24, 2.45) is 0 Å². The number of phenols is 2. The summed E-state index contributed by atoms with van der Waals surface area (Å²) < 4.78 is 22.9. The maximum Gasteiger partial charge on any atom is 0.230 e. The van der Waals surface area contributed by atoms with Crippen LogP contribution in [0.2, 0.25) is 0 Å². The molecular weight excluding hydrogens is 520 g/mol. The van der Waals surface area contributed by atoms with Crippen molar-refractivity contribution in [2.45, 2.75) is 45.3 Å². The molecule has 0 radical (unpaired) electrons. The van der Waals surface area contributed by atoms with Gasteiger partial charge in [-0.15, -0.1) is 0 Å². The molecule has 10 nitrogen and oxygen atoms in total. The van der Waals surface area contributed by atoms with E-state index in [0.29, 0.717) is 49.9 Å². The smallest absolute Gasteiger partial charge is 0.230 e. The lowest BCUT2D eigenvalue weighted by atomic mass is 9.81. The first-order valence-corrected chi connectivity index (χ1v) is 13.0. The van der Waals surface area contributed by atoms with Crippen LogP contribution in [0.4, 0.5) is 0 Å². The van der Waals surface area contributed by atoms with Crippen LogP contribution in [-0.4, -0.2) is 53.6 Å². The maximum absolute atomic E-state index is 13.5. The largest absolute Gasteiger partial charge is 0.504 e. The first-order chi connectivity index (χ1) is 19.1. The van der Waals surface area contributed by atoms with E-state index in [9.17, 15) is 30.0 Å². The van der Waals surface area contributed by atoms with Crippen molar-refractivity contribution < 1.29 is 39.4 Å². The van der Waals surface area contributed by atoms with Crippen LogP contribution in [0.15, 0.2) is 21.7 Å². The zero-order chi connectivity index (χ0) is 28.6. The Morgan fingerprint density at radius 2 is 1.20 bits per heavy atom. The summed E-state index contributed by atoms with van der Waals surface area (Å²) in [4.78, 5) is 27.0. The van der Waals surface area contributed by atoms with Crippen molar-refractivity contribution >= 4 is 43.1 Å². The normalized spacial score (nSPS) is 14.6. The highest BCUT2D eigenvalue weighted by molar-refractivity contribution is 6.38. The quantitative estimate of drug-likeness (QED) is 0.176. The second-order valence-electron chi connectivity index (χ2n) is 10.2. The number of aromatic hydroxyl groups is 2. The van der Waals surface area contributed by atoms with E-state index in [1.165, 1.54) is 26.4 Å². The fourth-order valence-electron chi connectivity index (χ4n) is 6.22. The molecule has 40 heavy (non-hydrogen) atoms.